The molecule has 3 rings (SSSR count). The largest absolute Gasteiger partial charge is 0.253 e. The van der Waals surface area contributed by atoms with Gasteiger partial charge in [-0.05, 0) is 43.7 Å². The molecule has 2 heterocycles. The summed E-state index contributed by atoms with van der Waals surface area (Å²) in [6, 6.07) is 14.3. The summed E-state index contributed by atoms with van der Waals surface area (Å²) in [5, 5.41) is 4.41. The lowest BCUT2D eigenvalue weighted by Crippen LogP contribution is -1.93. The molecule has 3 aromatic rings. The Hall–Kier alpha value is -2.42. The lowest BCUT2D eigenvalue weighted by molar-refractivity contribution is 0.879. The molecule has 0 saturated heterocycles. The first-order chi connectivity index (χ1) is 9.22. The first-order valence-corrected chi connectivity index (χ1v) is 6.28. The van der Waals surface area contributed by atoms with Gasteiger partial charge in [0.2, 0.25) is 0 Å². The second-order valence-corrected chi connectivity index (χ2v) is 4.68. The number of hydrogen-bond acceptors (Lipinski definition) is 2. The van der Waals surface area contributed by atoms with Gasteiger partial charge in [-0.25, -0.2) is 4.68 Å². The van der Waals surface area contributed by atoms with Crippen LogP contribution in [-0.2, 0) is 0 Å². The molecule has 19 heavy (non-hydrogen) atoms. The van der Waals surface area contributed by atoms with E-state index < -0.39 is 0 Å². The van der Waals surface area contributed by atoms with E-state index in [0.29, 0.717) is 0 Å². The van der Waals surface area contributed by atoms with E-state index in [9.17, 15) is 0 Å². The predicted octanol–water partition coefficient (Wildman–Crippen LogP) is 3.55. The Labute approximate surface area is 112 Å². The van der Waals surface area contributed by atoms with Gasteiger partial charge in [0.15, 0.2) is 0 Å². The van der Waals surface area contributed by atoms with Crippen molar-refractivity contribution in [2.45, 2.75) is 13.8 Å². The van der Waals surface area contributed by atoms with Crippen LogP contribution in [0.25, 0.3) is 16.9 Å². The first-order valence-electron chi connectivity index (χ1n) is 6.28. The van der Waals surface area contributed by atoms with Crippen molar-refractivity contribution in [3.63, 3.8) is 0 Å². The van der Waals surface area contributed by atoms with Crippen molar-refractivity contribution in [3.05, 3.63) is 66.1 Å². The molecule has 94 valence electrons. The molecule has 0 fully saturated rings. The smallest absolute Gasteiger partial charge is 0.0736 e. The minimum absolute atomic E-state index is 0.957. The molecule has 1 aromatic carbocycles. The second-order valence-electron chi connectivity index (χ2n) is 4.68. The van der Waals surface area contributed by atoms with Gasteiger partial charge in [0.25, 0.3) is 0 Å². The van der Waals surface area contributed by atoms with Crippen molar-refractivity contribution in [2.24, 2.45) is 0 Å². The van der Waals surface area contributed by atoms with E-state index in [1.54, 1.807) is 0 Å². The maximum atomic E-state index is 4.51. The van der Waals surface area contributed by atoms with Crippen molar-refractivity contribution < 1.29 is 0 Å². The minimum Gasteiger partial charge on any atom is -0.253 e. The number of aryl methyl sites for hydroxylation is 2. The summed E-state index contributed by atoms with van der Waals surface area (Å²) >= 11 is 0. The Balaban J connectivity index is 2.00. The van der Waals surface area contributed by atoms with Gasteiger partial charge in [-0.2, -0.15) is 5.10 Å². The topological polar surface area (TPSA) is 30.7 Å². The average molecular weight is 249 g/mol. The number of pyridine rings is 1. The zero-order chi connectivity index (χ0) is 13.2. The quantitative estimate of drug-likeness (QED) is 0.695. The lowest BCUT2D eigenvalue weighted by Gasteiger charge is -2.02. The van der Waals surface area contributed by atoms with Gasteiger partial charge in [-0.1, -0.05) is 18.2 Å². The summed E-state index contributed by atoms with van der Waals surface area (Å²) in [7, 11) is 0. The van der Waals surface area contributed by atoms with Gasteiger partial charge in [-0.15, -0.1) is 0 Å². The Morgan fingerprint density at radius 2 is 1.84 bits per heavy atom. The van der Waals surface area contributed by atoms with Crippen LogP contribution in [0.3, 0.4) is 0 Å². The van der Waals surface area contributed by atoms with E-state index in [1.165, 1.54) is 5.56 Å². The van der Waals surface area contributed by atoms with Crippen LogP contribution in [0, 0.1) is 13.8 Å². The molecule has 0 N–H and O–H groups in total. The number of benzene rings is 1. The van der Waals surface area contributed by atoms with E-state index in [-0.39, 0.29) is 0 Å². The van der Waals surface area contributed by atoms with Crippen molar-refractivity contribution in [1.29, 1.82) is 0 Å². The Morgan fingerprint density at radius 1 is 1.00 bits per heavy atom. The molecular weight excluding hydrogens is 234 g/mol. The highest BCUT2D eigenvalue weighted by atomic mass is 15.3. The van der Waals surface area contributed by atoms with Crippen LogP contribution in [0.5, 0.6) is 0 Å². The number of nitrogens with zero attached hydrogens (tertiary/aromatic N) is 3. The fraction of sp³-hybridized carbons (Fsp3) is 0.125. The third-order valence-corrected chi connectivity index (χ3v) is 3.03. The van der Waals surface area contributed by atoms with E-state index >= 15 is 0 Å². The van der Waals surface area contributed by atoms with Crippen LogP contribution in [-0.4, -0.2) is 14.8 Å². The second kappa shape index (κ2) is 4.69. The Kier molecular flexibility index (Phi) is 2.88. The molecule has 3 nitrogen and oxygen atoms in total. The summed E-state index contributed by atoms with van der Waals surface area (Å²) in [6.45, 7) is 4.07. The molecule has 0 aliphatic heterocycles. The van der Waals surface area contributed by atoms with Crippen LogP contribution in [0.1, 0.15) is 11.3 Å². The maximum Gasteiger partial charge on any atom is 0.0736 e. The van der Waals surface area contributed by atoms with Crippen molar-refractivity contribution >= 4 is 0 Å². The van der Waals surface area contributed by atoms with Gasteiger partial charge in [-0.3, -0.25) is 4.98 Å². The predicted molar refractivity (Wildman–Crippen MR) is 76.3 cm³/mol. The van der Waals surface area contributed by atoms with Gasteiger partial charge in [0.05, 0.1) is 17.6 Å². The molecule has 0 radical (unpaired) electrons. The molecule has 0 unspecified atom stereocenters. The molecule has 0 spiro atoms. The van der Waals surface area contributed by atoms with E-state index in [1.807, 2.05) is 54.3 Å². The number of aromatic nitrogens is 3. The van der Waals surface area contributed by atoms with E-state index in [4.69, 9.17) is 0 Å². The van der Waals surface area contributed by atoms with Crippen LogP contribution in [0.4, 0.5) is 0 Å². The fourth-order valence-corrected chi connectivity index (χ4v) is 2.07. The standard InChI is InChI=1S/C16H15N3/c1-12-5-3-7-15(9-12)19-11-14(10-17-19)16-8-4-6-13(2)18-16/h3-11H,1-2H3. The molecule has 0 amide bonds. The summed E-state index contributed by atoms with van der Waals surface area (Å²) in [6.07, 6.45) is 3.86. The fourth-order valence-electron chi connectivity index (χ4n) is 2.07. The van der Waals surface area contributed by atoms with Crippen molar-refractivity contribution in [1.82, 2.24) is 14.8 Å². The number of hydrogen-bond donors (Lipinski definition) is 0. The van der Waals surface area contributed by atoms with Crippen LogP contribution in [0.15, 0.2) is 54.9 Å². The summed E-state index contributed by atoms with van der Waals surface area (Å²) in [4.78, 5) is 4.51. The highest BCUT2D eigenvalue weighted by molar-refractivity contribution is 5.57. The van der Waals surface area contributed by atoms with E-state index in [0.717, 1.165) is 22.6 Å². The highest BCUT2D eigenvalue weighted by Crippen LogP contribution is 2.18. The molecule has 0 atom stereocenters. The first kappa shape index (κ1) is 11.7. The molecule has 0 bridgehead atoms. The Morgan fingerprint density at radius 3 is 2.63 bits per heavy atom. The van der Waals surface area contributed by atoms with Crippen LogP contribution in [0.2, 0.25) is 0 Å². The van der Waals surface area contributed by atoms with Crippen molar-refractivity contribution in [2.75, 3.05) is 0 Å². The van der Waals surface area contributed by atoms with Crippen LogP contribution < -0.4 is 0 Å². The monoisotopic (exact) mass is 249 g/mol. The van der Waals surface area contributed by atoms with E-state index in [2.05, 4.69) is 29.1 Å². The zero-order valence-corrected chi connectivity index (χ0v) is 11.0. The summed E-state index contributed by atoms with van der Waals surface area (Å²) in [5.41, 5.74) is 5.30. The maximum absolute atomic E-state index is 4.51. The molecular formula is C16H15N3. The van der Waals surface area contributed by atoms with Gasteiger partial charge >= 0.3 is 0 Å². The molecule has 2 aromatic heterocycles. The molecule has 3 heteroatoms. The zero-order valence-electron chi connectivity index (χ0n) is 11.0. The Bertz CT molecular complexity index is 653. The molecule has 0 saturated carbocycles. The normalized spacial score (nSPS) is 10.6. The van der Waals surface area contributed by atoms with Crippen LogP contribution >= 0.6 is 0 Å². The highest BCUT2D eigenvalue weighted by Gasteiger charge is 2.04. The molecule has 0 aliphatic rings. The van der Waals surface area contributed by atoms with Gasteiger partial charge in [0.1, 0.15) is 0 Å². The van der Waals surface area contributed by atoms with Crippen molar-refractivity contribution in [3.8, 4) is 16.9 Å². The summed E-state index contributed by atoms with van der Waals surface area (Å²) < 4.78 is 1.88. The van der Waals surface area contributed by atoms with Gasteiger partial charge < -0.3 is 0 Å². The third-order valence-electron chi connectivity index (χ3n) is 3.03. The third kappa shape index (κ3) is 2.40. The summed E-state index contributed by atoms with van der Waals surface area (Å²) in [5.74, 6) is 0. The molecule has 0 aliphatic carbocycles. The van der Waals surface area contributed by atoms with Gasteiger partial charge in [0, 0.05) is 17.5 Å². The lowest BCUT2D eigenvalue weighted by atomic mass is 10.2. The average Bonchev–Trinajstić information content (AvgIpc) is 2.88. The SMILES string of the molecule is Cc1cccc(-n2cc(-c3cccc(C)n3)cn2)c1. The minimum atomic E-state index is 0.957. The number of rotatable bonds is 2.